The number of amides is 1. The number of rotatable bonds is 5. The highest BCUT2D eigenvalue weighted by Gasteiger charge is 2.14. The lowest BCUT2D eigenvalue weighted by atomic mass is 10.1. The minimum absolute atomic E-state index is 0.117. The molecule has 0 bridgehead atoms. The molecule has 1 unspecified atom stereocenters. The van der Waals surface area contributed by atoms with Crippen molar-refractivity contribution in [3.8, 4) is 0 Å². The molecule has 0 spiro atoms. The Morgan fingerprint density at radius 1 is 1.38 bits per heavy atom. The standard InChI is InChI=1S/C14H18N2O5/c1-9(16-19)10(2)21-14(18)15-8-11-6-4-5-7-12(11)13(17)20-3/h4-7,10,19H,8H2,1-3H3,(H,15,18)/b16-9+. The van der Waals surface area contributed by atoms with Crippen LogP contribution in [0.15, 0.2) is 29.4 Å². The van der Waals surface area contributed by atoms with E-state index in [0.29, 0.717) is 11.1 Å². The van der Waals surface area contributed by atoms with E-state index in [0.717, 1.165) is 0 Å². The van der Waals surface area contributed by atoms with Crippen LogP contribution in [-0.4, -0.2) is 36.2 Å². The molecule has 0 aliphatic rings. The van der Waals surface area contributed by atoms with Crippen molar-refractivity contribution in [2.75, 3.05) is 7.11 Å². The van der Waals surface area contributed by atoms with E-state index in [1.54, 1.807) is 31.2 Å². The Labute approximate surface area is 122 Å². The van der Waals surface area contributed by atoms with Gasteiger partial charge < -0.3 is 20.0 Å². The number of alkyl carbamates (subject to hydrolysis) is 1. The van der Waals surface area contributed by atoms with Crippen LogP contribution in [0.5, 0.6) is 0 Å². The topological polar surface area (TPSA) is 97.2 Å². The van der Waals surface area contributed by atoms with E-state index in [1.807, 2.05) is 0 Å². The van der Waals surface area contributed by atoms with Crippen LogP contribution in [0.25, 0.3) is 0 Å². The van der Waals surface area contributed by atoms with Gasteiger partial charge in [-0.1, -0.05) is 23.4 Å². The fourth-order valence-electron chi connectivity index (χ4n) is 1.52. The second-order valence-corrected chi connectivity index (χ2v) is 4.29. The average molecular weight is 294 g/mol. The van der Waals surface area contributed by atoms with Gasteiger partial charge in [0.15, 0.2) is 0 Å². The van der Waals surface area contributed by atoms with Crippen molar-refractivity contribution >= 4 is 17.8 Å². The average Bonchev–Trinajstić information content (AvgIpc) is 2.51. The Kier molecular flexibility index (Phi) is 6.19. The van der Waals surface area contributed by atoms with E-state index in [2.05, 4.69) is 15.2 Å². The van der Waals surface area contributed by atoms with E-state index in [-0.39, 0.29) is 12.3 Å². The fourth-order valence-corrected chi connectivity index (χ4v) is 1.52. The van der Waals surface area contributed by atoms with Crippen molar-refractivity contribution in [1.82, 2.24) is 5.32 Å². The molecule has 1 aromatic carbocycles. The Hall–Kier alpha value is -2.57. The Morgan fingerprint density at radius 2 is 2.05 bits per heavy atom. The monoisotopic (exact) mass is 294 g/mol. The van der Waals surface area contributed by atoms with Gasteiger partial charge in [0.2, 0.25) is 0 Å². The van der Waals surface area contributed by atoms with Crippen molar-refractivity contribution in [3.05, 3.63) is 35.4 Å². The lowest BCUT2D eigenvalue weighted by molar-refractivity contribution is 0.0598. The zero-order valence-electron chi connectivity index (χ0n) is 12.1. The smallest absolute Gasteiger partial charge is 0.408 e. The molecule has 1 atom stereocenters. The van der Waals surface area contributed by atoms with E-state index < -0.39 is 18.2 Å². The molecule has 0 heterocycles. The van der Waals surface area contributed by atoms with Gasteiger partial charge in [-0.15, -0.1) is 0 Å². The summed E-state index contributed by atoms with van der Waals surface area (Å²) < 4.78 is 9.66. The maximum atomic E-state index is 11.6. The summed E-state index contributed by atoms with van der Waals surface area (Å²) in [6.07, 6.45) is -1.32. The number of carbonyl (C=O) groups excluding carboxylic acids is 2. The predicted molar refractivity (Wildman–Crippen MR) is 75.5 cm³/mol. The van der Waals surface area contributed by atoms with Gasteiger partial charge in [0.05, 0.1) is 18.4 Å². The first-order valence-electron chi connectivity index (χ1n) is 6.28. The van der Waals surface area contributed by atoms with Gasteiger partial charge in [-0.25, -0.2) is 9.59 Å². The second-order valence-electron chi connectivity index (χ2n) is 4.29. The summed E-state index contributed by atoms with van der Waals surface area (Å²) >= 11 is 0. The molecule has 0 aliphatic carbocycles. The number of oxime groups is 1. The van der Waals surface area contributed by atoms with Crippen LogP contribution in [0.4, 0.5) is 4.79 Å². The summed E-state index contributed by atoms with van der Waals surface area (Å²) in [4.78, 5) is 23.2. The molecule has 0 saturated carbocycles. The number of carbonyl (C=O) groups is 2. The van der Waals surface area contributed by atoms with Crippen LogP contribution in [0.2, 0.25) is 0 Å². The number of hydrogen-bond acceptors (Lipinski definition) is 6. The summed E-state index contributed by atoms with van der Waals surface area (Å²) in [5.74, 6) is -0.475. The molecule has 7 nitrogen and oxygen atoms in total. The third kappa shape index (κ3) is 4.79. The van der Waals surface area contributed by atoms with Gasteiger partial charge in [0, 0.05) is 6.54 Å². The van der Waals surface area contributed by atoms with E-state index >= 15 is 0 Å². The van der Waals surface area contributed by atoms with Gasteiger partial charge >= 0.3 is 12.1 Å². The van der Waals surface area contributed by atoms with E-state index in [4.69, 9.17) is 9.94 Å². The molecule has 1 aromatic rings. The number of nitrogens with zero attached hydrogens (tertiary/aromatic N) is 1. The third-order valence-electron chi connectivity index (χ3n) is 2.88. The Morgan fingerprint density at radius 3 is 2.67 bits per heavy atom. The quantitative estimate of drug-likeness (QED) is 0.374. The molecule has 0 saturated heterocycles. The summed E-state index contributed by atoms with van der Waals surface area (Å²) in [6.45, 7) is 3.23. The first-order valence-corrected chi connectivity index (χ1v) is 6.28. The van der Waals surface area contributed by atoms with Crippen molar-refractivity contribution in [2.24, 2.45) is 5.16 Å². The molecule has 21 heavy (non-hydrogen) atoms. The van der Waals surface area contributed by atoms with E-state index in [9.17, 15) is 9.59 Å². The summed E-state index contributed by atoms with van der Waals surface area (Å²) in [5, 5.41) is 14.1. The molecule has 0 aromatic heterocycles. The van der Waals surface area contributed by atoms with Gasteiger partial charge in [-0.2, -0.15) is 0 Å². The number of methoxy groups -OCH3 is 1. The summed E-state index contributed by atoms with van der Waals surface area (Å²) in [5.41, 5.74) is 1.27. The first kappa shape index (κ1) is 16.5. The van der Waals surface area contributed by atoms with Gasteiger partial charge in [-0.05, 0) is 25.5 Å². The van der Waals surface area contributed by atoms with Crippen molar-refractivity contribution in [2.45, 2.75) is 26.5 Å². The molecule has 2 N–H and O–H groups in total. The zero-order valence-corrected chi connectivity index (χ0v) is 12.1. The van der Waals surface area contributed by atoms with Gasteiger partial charge in [-0.3, -0.25) is 0 Å². The zero-order chi connectivity index (χ0) is 15.8. The molecule has 0 radical (unpaired) electrons. The third-order valence-corrected chi connectivity index (χ3v) is 2.88. The largest absolute Gasteiger partial charge is 0.465 e. The SMILES string of the molecule is COC(=O)c1ccccc1CNC(=O)OC(C)/C(C)=N/O. The van der Waals surface area contributed by atoms with Crippen LogP contribution in [0.1, 0.15) is 29.8 Å². The predicted octanol–water partition coefficient (Wildman–Crippen LogP) is 1.94. The lowest BCUT2D eigenvalue weighted by Gasteiger charge is -2.13. The highest BCUT2D eigenvalue weighted by atomic mass is 16.6. The number of hydrogen-bond donors (Lipinski definition) is 2. The van der Waals surface area contributed by atoms with E-state index in [1.165, 1.54) is 14.0 Å². The first-order chi connectivity index (χ1) is 9.99. The van der Waals surface area contributed by atoms with Crippen molar-refractivity contribution < 1.29 is 24.3 Å². The van der Waals surface area contributed by atoms with Gasteiger partial charge in [0.25, 0.3) is 0 Å². The van der Waals surface area contributed by atoms with Crippen LogP contribution in [0, 0.1) is 0 Å². The number of benzene rings is 1. The molecular weight excluding hydrogens is 276 g/mol. The number of nitrogens with one attached hydrogen (secondary N) is 1. The number of esters is 1. The lowest BCUT2D eigenvalue weighted by Crippen LogP contribution is -2.31. The fraction of sp³-hybridized carbons (Fsp3) is 0.357. The highest BCUT2D eigenvalue weighted by Crippen LogP contribution is 2.10. The van der Waals surface area contributed by atoms with Crippen LogP contribution < -0.4 is 5.32 Å². The molecule has 1 amide bonds. The van der Waals surface area contributed by atoms with Crippen LogP contribution in [-0.2, 0) is 16.0 Å². The van der Waals surface area contributed by atoms with Crippen molar-refractivity contribution in [3.63, 3.8) is 0 Å². The molecule has 1 rings (SSSR count). The Bertz CT molecular complexity index is 542. The minimum atomic E-state index is -0.676. The molecular formula is C14H18N2O5. The van der Waals surface area contributed by atoms with Crippen LogP contribution in [0.3, 0.4) is 0 Å². The molecule has 7 heteroatoms. The normalized spacial score (nSPS) is 12.4. The Balaban J connectivity index is 2.64. The summed E-state index contributed by atoms with van der Waals surface area (Å²) in [7, 11) is 1.29. The minimum Gasteiger partial charge on any atom is -0.465 e. The molecule has 0 aliphatic heterocycles. The van der Waals surface area contributed by atoms with Crippen LogP contribution >= 0.6 is 0 Å². The van der Waals surface area contributed by atoms with Gasteiger partial charge in [0.1, 0.15) is 6.10 Å². The molecule has 114 valence electrons. The summed E-state index contributed by atoms with van der Waals surface area (Å²) in [6, 6.07) is 6.77. The van der Waals surface area contributed by atoms with Crippen molar-refractivity contribution in [1.29, 1.82) is 0 Å². The second kappa shape index (κ2) is 7.88. The number of ether oxygens (including phenoxy) is 2. The maximum Gasteiger partial charge on any atom is 0.408 e. The highest BCUT2D eigenvalue weighted by molar-refractivity contribution is 5.91. The maximum absolute atomic E-state index is 11.6. The molecule has 0 fully saturated rings.